The molecule has 13 heavy (non-hydrogen) atoms. The van der Waals surface area contributed by atoms with Crippen LogP contribution in [-0.4, -0.2) is 18.4 Å². The van der Waals surface area contributed by atoms with E-state index in [1.165, 1.54) is 12.3 Å². The number of hydrogen-bond donors (Lipinski definition) is 0. The van der Waals surface area contributed by atoms with Crippen LogP contribution in [0.5, 0.6) is 0 Å². The van der Waals surface area contributed by atoms with E-state index in [4.69, 9.17) is 13.6 Å². The molecule has 1 aromatic rings. The lowest BCUT2D eigenvalue weighted by atomic mass is 10.8. The summed E-state index contributed by atoms with van der Waals surface area (Å²) >= 11 is 0. The molecule has 0 aliphatic rings. The number of aromatic nitrogens is 1. The second-order valence-corrected chi connectivity index (χ2v) is 4.14. The lowest BCUT2D eigenvalue weighted by molar-refractivity contribution is 0.223. The number of hydrogen-bond acceptors (Lipinski definition) is 5. The van der Waals surface area contributed by atoms with Crippen LogP contribution < -0.4 is 5.50 Å². The minimum absolute atomic E-state index is 0.149. The van der Waals surface area contributed by atoms with Gasteiger partial charge < -0.3 is 13.6 Å². The molecule has 5 nitrogen and oxygen atoms in total. The molecular formula is C7H12NO4P. The van der Waals surface area contributed by atoms with E-state index in [0.29, 0.717) is 13.2 Å². The van der Waals surface area contributed by atoms with E-state index >= 15 is 0 Å². The smallest absolute Gasteiger partial charge is 0.348 e. The second kappa shape index (κ2) is 4.56. The molecule has 0 aliphatic heterocycles. The molecule has 0 saturated heterocycles. The predicted molar refractivity (Wildman–Crippen MR) is 47.0 cm³/mol. The van der Waals surface area contributed by atoms with E-state index in [9.17, 15) is 4.57 Å². The SMILES string of the molecule is CCOP(=O)(OCC)c1ccno1. The summed E-state index contributed by atoms with van der Waals surface area (Å²) in [6.45, 7) is 4.08. The van der Waals surface area contributed by atoms with Crippen LogP contribution in [0.4, 0.5) is 0 Å². The molecule has 1 heterocycles. The maximum atomic E-state index is 11.9. The highest BCUT2D eigenvalue weighted by Crippen LogP contribution is 2.46. The largest absolute Gasteiger partial charge is 0.399 e. The second-order valence-electron chi connectivity index (χ2n) is 2.18. The van der Waals surface area contributed by atoms with Gasteiger partial charge in [-0.2, -0.15) is 0 Å². The molecular weight excluding hydrogens is 193 g/mol. The molecule has 0 amide bonds. The molecule has 0 unspecified atom stereocenters. The van der Waals surface area contributed by atoms with Gasteiger partial charge in [0.15, 0.2) is 0 Å². The molecule has 0 radical (unpaired) electrons. The van der Waals surface area contributed by atoms with Gasteiger partial charge in [-0.25, -0.2) is 0 Å². The lowest BCUT2D eigenvalue weighted by Crippen LogP contribution is -2.08. The molecule has 0 fully saturated rings. The summed E-state index contributed by atoms with van der Waals surface area (Å²) in [6, 6.07) is 1.48. The van der Waals surface area contributed by atoms with Crippen molar-refractivity contribution in [3.63, 3.8) is 0 Å². The molecule has 0 bridgehead atoms. The van der Waals surface area contributed by atoms with Crippen molar-refractivity contribution in [3.05, 3.63) is 12.3 Å². The van der Waals surface area contributed by atoms with Crippen LogP contribution in [0.2, 0.25) is 0 Å². The Bertz CT molecular complexity index is 275. The van der Waals surface area contributed by atoms with Crippen molar-refractivity contribution in [1.82, 2.24) is 5.16 Å². The van der Waals surface area contributed by atoms with Gasteiger partial charge in [-0.1, -0.05) is 5.16 Å². The Morgan fingerprint density at radius 3 is 2.46 bits per heavy atom. The summed E-state index contributed by atoms with van der Waals surface area (Å²) in [5, 5.41) is 3.45. The van der Waals surface area contributed by atoms with Crippen LogP contribution in [0.1, 0.15) is 13.8 Å². The third-order valence-electron chi connectivity index (χ3n) is 1.29. The van der Waals surface area contributed by atoms with Crippen LogP contribution in [0.15, 0.2) is 16.8 Å². The van der Waals surface area contributed by atoms with Crippen molar-refractivity contribution in [1.29, 1.82) is 0 Å². The Morgan fingerprint density at radius 1 is 1.46 bits per heavy atom. The van der Waals surface area contributed by atoms with Crippen molar-refractivity contribution in [2.45, 2.75) is 13.8 Å². The van der Waals surface area contributed by atoms with E-state index in [1.807, 2.05) is 0 Å². The van der Waals surface area contributed by atoms with Gasteiger partial charge in [-0.3, -0.25) is 4.57 Å². The van der Waals surface area contributed by atoms with E-state index in [-0.39, 0.29) is 5.50 Å². The van der Waals surface area contributed by atoms with Gasteiger partial charge >= 0.3 is 7.60 Å². The molecule has 1 rings (SSSR count). The van der Waals surface area contributed by atoms with Gasteiger partial charge in [-0.15, -0.1) is 0 Å². The van der Waals surface area contributed by atoms with Crippen LogP contribution in [0.25, 0.3) is 0 Å². The van der Waals surface area contributed by atoms with Crippen LogP contribution in [-0.2, 0) is 13.6 Å². The molecule has 74 valence electrons. The Balaban J connectivity index is 2.85. The van der Waals surface area contributed by atoms with Crippen LogP contribution >= 0.6 is 7.60 Å². The molecule has 0 aromatic carbocycles. The summed E-state index contributed by atoms with van der Waals surface area (Å²) in [5.74, 6) is 0. The van der Waals surface area contributed by atoms with Crippen molar-refractivity contribution in [2.75, 3.05) is 13.2 Å². The average molecular weight is 205 g/mol. The Kier molecular flexibility index (Phi) is 3.66. The van der Waals surface area contributed by atoms with Gasteiger partial charge in [0, 0.05) is 6.07 Å². The number of rotatable bonds is 5. The molecule has 0 aliphatic carbocycles. The zero-order valence-corrected chi connectivity index (χ0v) is 8.49. The van der Waals surface area contributed by atoms with Crippen molar-refractivity contribution in [2.24, 2.45) is 0 Å². The lowest BCUT2D eigenvalue weighted by Gasteiger charge is -2.12. The molecule has 1 aromatic heterocycles. The Labute approximate surface area is 76.5 Å². The maximum absolute atomic E-state index is 11.9. The van der Waals surface area contributed by atoms with Crippen LogP contribution in [0, 0.1) is 0 Å². The Hall–Kier alpha value is -0.640. The van der Waals surface area contributed by atoms with Gasteiger partial charge in [-0.05, 0) is 13.8 Å². The highest BCUT2D eigenvalue weighted by Gasteiger charge is 2.30. The first kappa shape index (κ1) is 10.4. The van der Waals surface area contributed by atoms with Gasteiger partial charge in [0.25, 0.3) is 0 Å². The first-order valence-corrected chi connectivity index (χ1v) is 5.57. The number of nitrogens with zero attached hydrogens (tertiary/aromatic N) is 1. The minimum atomic E-state index is -3.25. The minimum Gasteiger partial charge on any atom is -0.348 e. The summed E-state index contributed by atoms with van der Waals surface area (Å²) in [7, 11) is -3.25. The molecule has 0 saturated carbocycles. The first-order chi connectivity index (χ1) is 6.23. The van der Waals surface area contributed by atoms with Crippen molar-refractivity contribution < 1.29 is 18.1 Å². The highest BCUT2D eigenvalue weighted by molar-refractivity contribution is 7.61. The van der Waals surface area contributed by atoms with E-state index in [2.05, 4.69) is 5.16 Å². The third-order valence-corrected chi connectivity index (χ3v) is 3.26. The fourth-order valence-electron chi connectivity index (χ4n) is 0.855. The summed E-state index contributed by atoms with van der Waals surface area (Å²) in [5.41, 5.74) is 0.149. The summed E-state index contributed by atoms with van der Waals surface area (Å²) in [4.78, 5) is 0. The molecule has 0 spiro atoms. The van der Waals surface area contributed by atoms with Crippen LogP contribution in [0.3, 0.4) is 0 Å². The monoisotopic (exact) mass is 205 g/mol. The predicted octanol–water partition coefficient (Wildman–Crippen LogP) is 1.57. The highest BCUT2D eigenvalue weighted by atomic mass is 31.2. The normalized spacial score (nSPS) is 11.8. The molecule has 6 heteroatoms. The topological polar surface area (TPSA) is 61.6 Å². The summed E-state index contributed by atoms with van der Waals surface area (Å²) < 4.78 is 26.7. The van der Waals surface area contributed by atoms with Gasteiger partial charge in [0.2, 0.25) is 5.50 Å². The van der Waals surface area contributed by atoms with E-state index in [0.717, 1.165) is 0 Å². The zero-order chi connectivity index (χ0) is 9.73. The standard InChI is InChI=1S/C7H12NO4P/c1-3-10-13(9,11-4-2)7-5-6-8-12-7/h5-6H,3-4H2,1-2H3. The van der Waals surface area contributed by atoms with Crippen molar-refractivity contribution in [3.8, 4) is 0 Å². The zero-order valence-electron chi connectivity index (χ0n) is 7.60. The maximum Gasteiger partial charge on any atom is 0.399 e. The Morgan fingerprint density at radius 2 is 2.08 bits per heavy atom. The van der Waals surface area contributed by atoms with Crippen molar-refractivity contribution >= 4 is 13.1 Å². The third kappa shape index (κ3) is 2.40. The van der Waals surface area contributed by atoms with Gasteiger partial charge in [0.05, 0.1) is 19.4 Å². The fraction of sp³-hybridized carbons (Fsp3) is 0.571. The first-order valence-electron chi connectivity index (χ1n) is 4.03. The molecule has 0 N–H and O–H groups in total. The summed E-state index contributed by atoms with van der Waals surface area (Å²) in [6.07, 6.45) is 1.40. The van der Waals surface area contributed by atoms with Gasteiger partial charge in [0.1, 0.15) is 0 Å². The average Bonchev–Trinajstić information content (AvgIpc) is 2.57. The quantitative estimate of drug-likeness (QED) is 0.682. The van der Waals surface area contributed by atoms with E-state index < -0.39 is 7.60 Å². The van der Waals surface area contributed by atoms with E-state index in [1.54, 1.807) is 13.8 Å². The molecule has 0 atom stereocenters. The fourth-order valence-corrected chi connectivity index (χ4v) is 2.26.